The number of benzene rings is 8. The van der Waals surface area contributed by atoms with Crippen LogP contribution < -0.4 is 4.90 Å². The maximum atomic E-state index is 6.66. The highest BCUT2D eigenvalue weighted by molar-refractivity contribution is 6.19. The maximum absolute atomic E-state index is 6.66. The van der Waals surface area contributed by atoms with Gasteiger partial charge in [0.1, 0.15) is 16.7 Å². The Morgan fingerprint density at radius 3 is 1.94 bits per heavy atom. The first-order valence-corrected chi connectivity index (χ1v) is 18.1. The molecule has 254 valence electrons. The van der Waals surface area contributed by atoms with E-state index in [0.717, 1.165) is 83.5 Å². The van der Waals surface area contributed by atoms with E-state index in [-0.39, 0.29) is 0 Å². The lowest BCUT2D eigenvalue weighted by Gasteiger charge is -2.28. The van der Waals surface area contributed by atoms with Gasteiger partial charge in [-0.15, -0.1) is 0 Å². The van der Waals surface area contributed by atoms with E-state index in [1.165, 1.54) is 10.8 Å². The highest BCUT2D eigenvalue weighted by Gasteiger charge is 2.24. The standard InChI is InChI=1S/C49H31N3O2/c1-4-15-32(16-5-1)36-21-10-12-23-39(36)52(42-26-14-25-41-46(42)37-22-11-13-24-40(37)51(41)34-19-8-3-9-20-34)35-27-28-38-45(31-35)53-43-29-30-44-48(47(38)43)50-49(54-44)33-17-6-2-7-18-33/h1-31H. The molecule has 0 spiro atoms. The second kappa shape index (κ2) is 12.1. The zero-order chi connectivity index (χ0) is 35.6. The van der Waals surface area contributed by atoms with Gasteiger partial charge >= 0.3 is 0 Å². The van der Waals surface area contributed by atoms with Crippen molar-refractivity contribution in [1.29, 1.82) is 0 Å². The molecule has 54 heavy (non-hydrogen) atoms. The molecular formula is C49H31N3O2. The number of furan rings is 1. The molecule has 8 aromatic carbocycles. The lowest BCUT2D eigenvalue weighted by atomic mass is 10.0. The first-order valence-electron chi connectivity index (χ1n) is 18.1. The van der Waals surface area contributed by atoms with Crippen LogP contribution in [0.4, 0.5) is 17.1 Å². The minimum Gasteiger partial charge on any atom is -0.456 e. The summed E-state index contributed by atoms with van der Waals surface area (Å²) >= 11 is 0. The van der Waals surface area contributed by atoms with E-state index in [0.29, 0.717) is 5.89 Å². The van der Waals surface area contributed by atoms with E-state index in [2.05, 4.69) is 155 Å². The topological polar surface area (TPSA) is 47.3 Å². The molecule has 0 aliphatic heterocycles. The smallest absolute Gasteiger partial charge is 0.227 e. The molecule has 0 atom stereocenters. The lowest BCUT2D eigenvalue weighted by Crippen LogP contribution is -2.11. The molecule has 3 aromatic heterocycles. The van der Waals surface area contributed by atoms with Gasteiger partial charge in [0.2, 0.25) is 5.89 Å². The minimum atomic E-state index is 0.593. The number of hydrogen-bond acceptors (Lipinski definition) is 4. The zero-order valence-corrected chi connectivity index (χ0v) is 29.1. The van der Waals surface area contributed by atoms with Gasteiger partial charge in [0.25, 0.3) is 0 Å². The van der Waals surface area contributed by atoms with Gasteiger partial charge in [0.15, 0.2) is 5.58 Å². The number of nitrogens with zero attached hydrogens (tertiary/aromatic N) is 3. The van der Waals surface area contributed by atoms with Gasteiger partial charge in [-0.2, -0.15) is 0 Å². The van der Waals surface area contributed by atoms with Gasteiger partial charge in [0, 0.05) is 44.7 Å². The average molecular weight is 694 g/mol. The van der Waals surface area contributed by atoms with Crippen molar-refractivity contribution in [1.82, 2.24) is 9.55 Å². The van der Waals surface area contributed by atoms with Crippen molar-refractivity contribution in [2.45, 2.75) is 0 Å². The molecule has 0 aliphatic carbocycles. The Hall–Kier alpha value is -7.37. The van der Waals surface area contributed by atoms with Crippen molar-refractivity contribution in [3.8, 4) is 28.3 Å². The summed E-state index contributed by atoms with van der Waals surface area (Å²) < 4.78 is 15.3. The van der Waals surface area contributed by atoms with Gasteiger partial charge in [-0.1, -0.05) is 109 Å². The summed E-state index contributed by atoms with van der Waals surface area (Å²) in [5.41, 5.74) is 12.8. The van der Waals surface area contributed by atoms with E-state index in [1.54, 1.807) is 0 Å². The minimum absolute atomic E-state index is 0.593. The average Bonchev–Trinajstić information content (AvgIpc) is 3.94. The fourth-order valence-corrected chi connectivity index (χ4v) is 8.06. The Labute approximate surface area is 310 Å². The molecule has 11 rings (SSSR count). The molecule has 0 saturated heterocycles. The third kappa shape index (κ3) is 4.69. The van der Waals surface area contributed by atoms with Gasteiger partial charge in [-0.25, -0.2) is 4.98 Å². The molecule has 5 nitrogen and oxygen atoms in total. The first kappa shape index (κ1) is 30.3. The molecule has 0 bridgehead atoms. The summed E-state index contributed by atoms with van der Waals surface area (Å²) in [5.74, 6) is 0.593. The quantitative estimate of drug-likeness (QED) is 0.174. The molecule has 0 amide bonds. The number of para-hydroxylation sites is 3. The van der Waals surface area contributed by atoms with Crippen LogP contribution in [0.3, 0.4) is 0 Å². The van der Waals surface area contributed by atoms with Gasteiger partial charge in [0.05, 0.1) is 27.8 Å². The van der Waals surface area contributed by atoms with Gasteiger partial charge in [-0.05, 0) is 78.4 Å². The maximum Gasteiger partial charge on any atom is 0.227 e. The molecule has 0 radical (unpaired) electrons. The van der Waals surface area contributed by atoms with Crippen LogP contribution >= 0.6 is 0 Å². The van der Waals surface area contributed by atoms with Crippen molar-refractivity contribution >= 4 is 71.9 Å². The van der Waals surface area contributed by atoms with Gasteiger partial charge in [-0.3, -0.25) is 0 Å². The van der Waals surface area contributed by atoms with Crippen molar-refractivity contribution in [3.05, 3.63) is 188 Å². The summed E-state index contributed by atoms with van der Waals surface area (Å²) in [4.78, 5) is 7.37. The number of oxazole rings is 1. The summed E-state index contributed by atoms with van der Waals surface area (Å²) in [6, 6.07) is 65.7. The summed E-state index contributed by atoms with van der Waals surface area (Å²) in [5, 5.41) is 4.29. The predicted molar refractivity (Wildman–Crippen MR) is 221 cm³/mol. The fourth-order valence-electron chi connectivity index (χ4n) is 8.06. The van der Waals surface area contributed by atoms with Crippen LogP contribution in [0.1, 0.15) is 0 Å². The van der Waals surface area contributed by atoms with Crippen molar-refractivity contribution in [2.75, 3.05) is 4.90 Å². The highest BCUT2D eigenvalue weighted by atomic mass is 16.4. The fraction of sp³-hybridized carbons (Fsp3) is 0. The van der Waals surface area contributed by atoms with E-state index in [1.807, 2.05) is 42.5 Å². The van der Waals surface area contributed by atoms with E-state index < -0.39 is 0 Å². The Morgan fingerprint density at radius 1 is 0.444 bits per heavy atom. The Kier molecular flexibility index (Phi) is 6.79. The molecule has 3 heterocycles. The van der Waals surface area contributed by atoms with E-state index in [9.17, 15) is 0 Å². The Balaban J connectivity index is 1.18. The Morgan fingerprint density at radius 2 is 1.11 bits per heavy atom. The molecule has 0 saturated carbocycles. The predicted octanol–water partition coefficient (Wildman–Crippen LogP) is 13.6. The largest absolute Gasteiger partial charge is 0.456 e. The SMILES string of the molecule is c1ccc(-c2nc3c(ccc4oc5cc(N(c6ccccc6-c6ccccc6)c6cccc7c6c6ccccc6n7-c6ccccc6)ccc5c43)o2)cc1. The zero-order valence-electron chi connectivity index (χ0n) is 29.1. The molecule has 0 fully saturated rings. The molecular weight excluding hydrogens is 663 g/mol. The van der Waals surface area contributed by atoms with Crippen molar-refractivity contribution in [2.24, 2.45) is 0 Å². The van der Waals surface area contributed by atoms with Crippen LogP contribution in [-0.2, 0) is 0 Å². The van der Waals surface area contributed by atoms with Crippen LogP contribution in [0, 0.1) is 0 Å². The number of anilines is 3. The highest BCUT2D eigenvalue weighted by Crippen LogP contribution is 2.47. The molecule has 0 unspecified atom stereocenters. The van der Waals surface area contributed by atoms with E-state index >= 15 is 0 Å². The monoisotopic (exact) mass is 693 g/mol. The van der Waals surface area contributed by atoms with Crippen molar-refractivity contribution in [3.63, 3.8) is 0 Å². The third-order valence-corrected chi connectivity index (χ3v) is 10.4. The second-order valence-corrected chi connectivity index (χ2v) is 13.5. The third-order valence-electron chi connectivity index (χ3n) is 10.4. The van der Waals surface area contributed by atoms with Crippen LogP contribution in [-0.4, -0.2) is 9.55 Å². The van der Waals surface area contributed by atoms with Crippen LogP contribution in [0.2, 0.25) is 0 Å². The van der Waals surface area contributed by atoms with Crippen LogP contribution in [0.5, 0.6) is 0 Å². The molecule has 11 aromatic rings. The van der Waals surface area contributed by atoms with Crippen molar-refractivity contribution < 1.29 is 8.83 Å². The normalized spacial score (nSPS) is 11.7. The second-order valence-electron chi connectivity index (χ2n) is 13.5. The number of rotatable bonds is 6. The first-order chi connectivity index (χ1) is 26.8. The van der Waals surface area contributed by atoms with Crippen LogP contribution in [0.25, 0.3) is 83.1 Å². The number of aromatic nitrogens is 2. The summed E-state index contributed by atoms with van der Waals surface area (Å²) in [6.07, 6.45) is 0. The van der Waals surface area contributed by atoms with E-state index in [4.69, 9.17) is 13.8 Å². The number of hydrogen-bond donors (Lipinski definition) is 0. The van der Waals surface area contributed by atoms with Gasteiger partial charge < -0.3 is 18.3 Å². The molecule has 5 heteroatoms. The molecule has 0 aliphatic rings. The van der Waals surface area contributed by atoms with Crippen LogP contribution in [0.15, 0.2) is 197 Å². The molecule has 0 N–H and O–H groups in total. The lowest BCUT2D eigenvalue weighted by molar-refractivity contribution is 0.619. The Bertz CT molecular complexity index is 3160. The number of fused-ring (bicyclic) bond motifs is 8. The summed E-state index contributed by atoms with van der Waals surface area (Å²) in [7, 11) is 0. The summed E-state index contributed by atoms with van der Waals surface area (Å²) in [6.45, 7) is 0.